The van der Waals surface area contributed by atoms with Crippen molar-refractivity contribution in [3.05, 3.63) is 30.3 Å². The van der Waals surface area contributed by atoms with Gasteiger partial charge in [-0.25, -0.2) is 0 Å². The Morgan fingerprint density at radius 1 is 0.939 bits per heavy atom. The second-order valence-electron chi connectivity index (χ2n) is 8.26. The molecule has 5 N–H and O–H groups in total. The molecule has 0 bridgehead atoms. The molecule has 0 radical (unpaired) electrons. The standard InChI is InChI=1S/C22H32N2O9/c1-12(26)23-19-17(28)8-15(10-25)32-21(19)30-11-16-9-18(29)20(24-13(2)27)22(33-16)31-14-6-4-3-5-7-14/h3-7,15-22,25,28-29H,8-11H2,1-2H3,(H,23,26)(H,24,27)/t15-,16-,17-,18-,19+,20+,21+,22+/m0/s1. The van der Waals surface area contributed by atoms with Gasteiger partial charge in [-0.1, -0.05) is 18.2 Å². The Hall–Kier alpha value is -2.28. The Bertz CT molecular complexity index is 780. The van der Waals surface area contributed by atoms with Crippen LogP contribution in [-0.2, 0) is 23.8 Å². The highest BCUT2D eigenvalue weighted by molar-refractivity contribution is 5.73. The summed E-state index contributed by atoms with van der Waals surface area (Å²) in [6, 6.07) is 7.23. The van der Waals surface area contributed by atoms with Crippen LogP contribution in [0.25, 0.3) is 0 Å². The number of benzene rings is 1. The summed E-state index contributed by atoms with van der Waals surface area (Å²) in [7, 11) is 0. The minimum absolute atomic E-state index is 0.0515. The highest BCUT2D eigenvalue weighted by Gasteiger charge is 2.43. The summed E-state index contributed by atoms with van der Waals surface area (Å²) in [4.78, 5) is 23.2. The first-order valence-electron chi connectivity index (χ1n) is 10.9. The number of hydrogen-bond donors (Lipinski definition) is 5. The summed E-state index contributed by atoms with van der Waals surface area (Å²) in [5, 5.41) is 35.8. The highest BCUT2D eigenvalue weighted by Crippen LogP contribution is 2.26. The van der Waals surface area contributed by atoms with Crippen molar-refractivity contribution in [2.75, 3.05) is 13.2 Å². The maximum absolute atomic E-state index is 11.6. The number of para-hydroxylation sites is 1. The van der Waals surface area contributed by atoms with Crippen LogP contribution in [-0.4, -0.2) is 89.4 Å². The number of rotatable bonds is 8. The monoisotopic (exact) mass is 468 g/mol. The number of ether oxygens (including phenoxy) is 4. The van der Waals surface area contributed by atoms with Crippen molar-refractivity contribution in [3.63, 3.8) is 0 Å². The van der Waals surface area contributed by atoms with Gasteiger partial charge in [-0.2, -0.15) is 0 Å². The molecule has 184 valence electrons. The molecule has 0 unspecified atom stereocenters. The number of amides is 2. The molecule has 2 aliphatic rings. The van der Waals surface area contributed by atoms with Gasteiger partial charge in [-0.05, 0) is 12.1 Å². The van der Waals surface area contributed by atoms with E-state index >= 15 is 0 Å². The number of aliphatic hydroxyl groups excluding tert-OH is 3. The first kappa shape index (κ1) is 25.3. The van der Waals surface area contributed by atoms with Crippen LogP contribution >= 0.6 is 0 Å². The van der Waals surface area contributed by atoms with Gasteiger partial charge in [0.2, 0.25) is 18.1 Å². The number of carbonyl (C=O) groups is 2. The fourth-order valence-corrected chi connectivity index (χ4v) is 3.96. The van der Waals surface area contributed by atoms with Crippen molar-refractivity contribution in [1.82, 2.24) is 10.6 Å². The molecule has 2 fully saturated rings. The van der Waals surface area contributed by atoms with Crippen molar-refractivity contribution in [3.8, 4) is 5.75 Å². The molecule has 0 aliphatic carbocycles. The molecule has 2 aliphatic heterocycles. The Morgan fingerprint density at radius 2 is 1.48 bits per heavy atom. The lowest BCUT2D eigenvalue weighted by Crippen LogP contribution is -2.60. The molecular formula is C22H32N2O9. The Kier molecular flexibility index (Phi) is 9.01. The normalized spacial score (nSPS) is 34.3. The van der Waals surface area contributed by atoms with E-state index < -0.39 is 49.1 Å². The quantitative estimate of drug-likeness (QED) is 0.324. The maximum Gasteiger partial charge on any atom is 0.223 e. The molecule has 2 saturated heterocycles. The minimum Gasteiger partial charge on any atom is -0.463 e. The lowest BCUT2D eigenvalue weighted by Gasteiger charge is -2.42. The molecule has 2 heterocycles. The van der Waals surface area contributed by atoms with Crippen LogP contribution in [0.5, 0.6) is 5.75 Å². The summed E-state index contributed by atoms with van der Waals surface area (Å²) in [6.45, 7) is 2.29. The third kappa shape index (κ3) is 7.10. The molecule has 3 rings (SSSR count). The third-order valence-electron chi connectivity index (χ3n) is 5.46. The molecule has 8 atom stereocenters. The number of aliphatic hydroxyl groups is 3. The molecule has 0 spiro atoms. The predicted molar refractivity (Wildman–Crippen MR) is 114 cm³/mol. The van der Waals surface area contributed by atoms with E-state index in [0.717, 1.165) is 0 Å². The van der Waals surface area contributed by atoms with Crippen LogP contribution in [0.2, 0.25) is 0 Å². The summed E-state index contributed by atoms with van der Waals surface area (Å²) in [5.74, 6) is -0.198. The predicted octanol–water partition coefficient (Wildman–Crippen LogP) is -0.964. The molecule has 11 heteroatoms. The van der Waals surface area contributed by atoms with E-state index in [1.165, 1.54) is 13.8 Å². The van der Waals surface area contributed by atoms with Gasteiger partial charge in [0.25, 0.3) is 0 Å². The van der Waals surface area contributed by atoms with Gasteiger partial charge in [-0.15, -0.1) is 0 Å². The van der Waals surface area contributed by atoms with Crippen LogP contribution in [0.15, 0.2) is 30.3 Å². The van der Waals surface area contributed by atoms with Crippen LogP contribution in [0.4, 0.5) is 0 Å². The molecule has 1 aromatic carbocycles. The zero-order chi connectivity index (χ0) is 24.0. The Balaban J connectivity index is 1.67. The van der Waals surface area contributed by atoms with Crippen LogP contribution in [0.1, 0.15) is 26.7 Å². The van der Waals surface area contributed by atoms with E-state index in [4.69, 9.17) is 18.9 Å². The third-order valence-corrected chi connectivity index (χ3v) is 5.46. The van der Waals surface area contributed by atoms with Gasteiger partial charge in [0.15, 0.2) is 6.29 Å². The Labute approximate surface area is 192 Å². The van der Waals surface area contributed by atoms with Crippen molar-refractivity contribution < 1.29 is 43.9 Å². The summed E-state index contributed by atoms with van der Waals surface area (Å²) < 4.78 is 23.4. The highest BCUT2D eigenvalue weighted by atomic mass is 16.7. The SMILES string of the molecule is CC(=O)N[C@H]1[C@H](OC[C@@H]2C[C@H](O)[C@@H](NC(C)=O)[C@H](Oc3ccccc3)O2)O[C@H](CO)C[C@@H]1O. The smallest absolute Gasteiger partial charge is 0.223 e. The Morgan fingerprint density at radius 3 is 2.06 bits per heavy atom. The van der Waals surface area contributed by atoms with E-state index in [1.807, 2.05) is 6.07 Å². The van der Waals surface area contributed by atoms with Crippen LogP contribution in [0, 0.1) is 0 Å². The van der Waals surface area contributed by atoms with E-state index in [2.05, 4.69) is 10.6 Å². The van der Waals surface area contributed by atoms with Crippen molar-refractivity contribution in [2.45, 2.75) is 75.8 Å². The van der Waals surface area contributed by atoms with Gasteiger partial charge in [-0.3, -0.25) is 9.59 Å². The average Bonchev–Trinajstić information content (AvgIpc) is 2.76. The summed E-state index contributed by atoms with van der Waals surface area (Å²) >= 11 is 0. The number of carbonyl (C=O) groups excluding carboxylic acids is 2. The van der Waals surface area contributed by atoms with Gasteiger partial charge in [0.05, 0.1) is 37.6 Å². The van der Waals surface area contributed by atoms with Crippen molar-refractivity contribution >= 4 is 11.8 Å². The van der Waals surface area contributed by atoms with Crippen LogP contribution in [0.3, 0.4) is 0 Å². The fraction of sp³-hybridized carbons (Fsp3) is 0.636. The maximum atomic E-state index is 11.6. The zero-order valence-electron chi connectivity index (χ0n) is 18.6. The number of hydrogen-bond acceptors (Lipinski definition) is 9. The van der Waals surface area contributed by atoms with Gasteiger partial charge in [0.1, 0.15) is 17.8 Å². The second-order valence-corrected chi connectivity index (χ2v) is 8.26. The average molecular weight is 469 g/mol. The van der Waals surface area contributed by atoms with E-state index in [0.29, 0.717) is 5.75 Å². The van der Waals surface area contributed by atoms with E-state index in [1.54, 1.807) is 24.3 Å². The molecule has 33 heavy (non-hydrogen) atoms. The summed E-state index contributed by atoms with van der Waals surface area (Å²) in [6.07, 6.45) is -4.95. The first-order valence-corrected chi connectivity index (χ1v) is 10.9. The lowest BCUT2D eigenvalue weighted by molar-refractivity contribution is -0.262. The van der Waals surface area contributed by atoms with Gasteiger partial charge < -0.3 is 44.9 Å². The van der Waals surface area contributed by atoms with Gasteiger partial charge >= 0.3 is 0 Å². The van der Waals surface area contributed by atoms with Gasteiger partial charge in [0, 0.05) is 26.7 Å². The molecule has 11 nitrogen and oxygen atoms in total. The lowest BCUT2D eigenvalue weighted by atomic mass is 9.99. The van der Waals surface area contributed by atoms with Crippen molar-refractivity contribution in [1.29, 1.82) is 0 Å². The van der Waals surface area contributed by atoms with Crippen LogP contribution < -0.4 is 15.4 Å². The first-order chi connectivity index (χ1) is 15.8. The fourth-order valence-electron chi connectivity index (χ4n) is 3.96. The summed E-state index contributed by atoms with van der Waals surface area (Å²) in [5.41, 5.74) is 0. The zero-order valence-corrected chi connectivity index (χ0v) is 18.6. The molecule has 2 amide bonds. The molecule has 0 aromatic heterocycles. The van der Waals surface area contributed by atoms with E-state index in [-0.39, 0.29) is 37.9 Å². The molecule has 1 aromatic rings. The largest absolute Gasteiger partial charge is 0.463 e. The molecular weight excluding hydrogens is 436 g/mol. The minimum atomic E-state index is -1.03. The second kappa shape index (κ2) is 11.7. The topological polar surface area (TPSA) is 156 Å². The molecule has 0 saturated carbocycles. The number of nitrogens with one attached hydrogen (secondary N) is 2. The van der Waals surface area contributed by atoms with E-state index in [9.17, 15) is 24.9 Å². The van der Waals surface area contributed by atoms with Crippen molar-refractivity contribution in [2.24, 2.45) is 0 Å².